The molecule has 142 valence electrons. The molecule has 2 heterocycles. The Balaban J connectivity index is 1.94. The summed E-state index contributed by atoms with van der Waals surface area (Å²) in [6, 6.07) is 10.7. The number of aromatic nitrogens is 3. The summed E-state index contributed by atoms with van der Waals surface area (Å²) >= 11 is 0. The molecule has 3 aromatic rings. The lowest BCUT2D eigenvalue weighted by atomic mass is 10.1. The van der Waals surface area contributed by atoms with Crippen LogP contribution in [0.3, 0.4) is 0 Å². The number of hydrogen-bond acceptors (Lipinski definition) is 4. The highest BCUT2D eigenvalue weighted by molar-refractivity contribution is 5.95. The zero-order valence-corrected chi connectivity index (χ0v) is 15.7. The summed E-state index contributed by atoms with van der Waals surface area (Å²) in [6.07, 6.45) is 1.56. The topological polar surface area (TPSA) is 83.9 Å². The molecule has 0 saturated carbocycles. The van der Waals surface area contributed by atoms with Gasteiger partial charge in [-0.15, -0.1) is 0 Å². The smallest absolute Gasteiger partial charge is 0.268 e. The van der Waals surface area contributed by atoms with Crippen molar-refractivity contribution in [3.8, 4) is 11.8 Å². The van der Waals surface area contributed by atoms with Gasteiger partial charge in [0.15, 0.2) is 0 Å². The van der Waals surface area contributed by atoms with E-state index in [-0.39, 0.29) is 12.1 Å². The van der Waals surface area contributed by atoms with E-state index in [9.17, 15) is 14.0 Å². The van der Waals surface area contributed by atoms with E-state index in [2.05, 4.69) is 5.10 Å². The average molecular weight is 379 g/mol. The number of pyridine rings is 1. The fourth-order valence-electron chi connectivity index (χ4n) is 2.91. The van der Waals surface area contributed by atoms with Crippen LogP contribution in [0, 0.1) is 24.1 Å². The van der Waals surface area contributed by atoms with Gasteiger partial charge >= 0.3 is 0 Å². The van der Waals surface area contributed by atoms with Gasteiger partial charge in [-0.1, -0.05) is 0 Å². The summed E-state index contributed by atoms with van der Waals surface area (Å²) in [7, 11) is 3.21. The number of hydrogen-bond donors (Lipinski definition) is 0. The number of rotatable bonds is 4. The quantitative estimate of drug-likeness (QED) is 0.695. The summed E-state index contributed by atoms with van der Waals surface area (Å²) in [5, 5.41) is 13.2. The number of carbonyl (C=O) groups is 1. The number of aryl methyl sites for hydroxylation is 2. The second-order valence-electron chi connectivity index (χ2n) is 6.44. The summed E-state index contributed by atoms with van der Waals surface area (Å²) in [6.45, 7) is 1.84. The minimum absolute atomic E-state index is 0.0331. The molecular weight excluding hydrogens is 361 g/mol. The standard InChI is InChI=1S/C20H18FN5O2/c1-13-8-9-26(16-6-4-14(21)5-7-16)20(28)18(13)19(27)24(2)12-15-10-17(11-22)25(3)23-15/h4-10H,12H2,1-3H3. The highest BCUT2D eigenvalue weighted by Gasteiger charge is 2.21. The number of amides is 1. The van der Waals surface area contributed by atoms with Gasteiger partial charge in [0.25, 0.3) is 11.5 Å². The maximum Gasteiger partial charge on any atom is 0.268 e. The van der Waals surface area contributed by atoms with Crippen molar-refractivity contribution >= 4 is 5.91 Å². The highest BCUT2D eigenvalue weighted by atomic mass is 19.1. The van der Waals surface area contributed by atoms with Crippen LogP contribution in [0.2, 0.25) is 0 Å². The van der Waals surface area contributed by atoms with Crippen molar-refractivity contribution in [1.29, 1.82) is 5.26 Å². The number of nitriles is 1. The largest absolute Gasteiger partial charge is 0.336 e. The van der Waals surface area contributed by atoms with Crippen molar-refractivity contribution in [3.63, 3.8) is 0 Å². The first-order valence-corrected chi connectivity index (χ1v) is 8.48. The molecule has 0 radical (unpaired) electrons. The third kappa shape index (κ3) is 3.55. The molecule has 0 aliphatic heterocycles. The fourth-order valence-corrected chi connectivity index (χ4v) is 2.91. The molecule has 0 atom stereocenters. The minimum Gasteiger partial charge on any atom is -0.336 e. The summed E-state index contributed by atoms with van der Waals surface area (Å²) in [4.78, 5) is 27.3. The van der Waals surface area contributed by atoms with Crippen LogP contribution in [0.25, 0.3) is 5.69 Å². The first kappa shape index (κ1) is 19.0. The minimum atomic E-state index is -0.484. The van der Waals surface area contributed by atoms with Crippen LogP contribution in [0.4, 0.5) is 4.39 Å². The van der Waals surface area contributed by atoms with E-state index >= 15 is 0 Å². The SMILES string of the molecule is Cc1ccn(-c2ccc(F)cc2)c(=O)c1C(=O)N(C)Cc1cc(C#N)n(C)n1. The summed E-state index contributed by atoms with van der Waals surface area (Å²) < 4.78 is 15.9. The lowest BCUT2D eigenvalue weighted by molar-refractivity contribution is 0.0780. The van der Waals surface area contributed by atoms with Crippen LogP contribution < -0.4 is 5.56 Å². The van der Waals surface area contributed by atoms with Gasteiger partial charge < -0.3 is 4.90 Å². The molecule has 1 aromatic carbocycles. The Kier molecular flexibility index (Phi) is 5.09. The van der Waals surface area contributed by atoms with Crippen molar-refractivity contribution in [1.82, 2.24) is 19.2 Å². The van der Waals surface area contributed by atoms with Crippen molar-refractivity contribution in [2.45, 2.75) is 13.5 Å². The average Bonchev–Trinajstić information content (AvgIpc) is 3.02. The Morgan fingerprint density at radius 1 is 1.29 bits per heavy atom. The maximum absolute atomic E-state index is 13.2. The number of carbonyl (C=O) groups excluding carboxylic acids is 1. The van der Waals surface area contributed by atoms with Gasteiger partial charge in [-0.25, -0.2) is 4.39 Å². The van der Waals surface area contributed by atoms with Crippen LogP contribution in [-0.2, 0) is 13.6 Å². The van der Waals surface area contributed by atoms with E-state index in [4.69, 9.17) is 5.26 Å². The second kappa shape index (κ2) is 7.48. The molecular formula is C20H18FN5O2. The molecule has 28 heavy (non-hydrogen) atoms. The van der Waals surface area contributed by atoms with E-state index in [0.717, 1.165) is 0 Å². The van der Waals surface area contributed by atoms with Gasteiger partial charge in [0.1, 0.15) is 23.1 Å². The normalized spacial score (nSPS) is 10.5. The highest BCUT2D eigenvalue weighted by Crippen LogP contribution is 2.12. The lowest BCUT2D eigenvalue weighted by Crippen LogP contribution is -2.34. The van der Waals surface area contributed by atoms with E-state index in [1.165, 1.54) is 38.4 Å². The van der Waals surface area contributed by atoms with Gasteiger partial charge in [-0.2, -0.15) is 10.4 Å². The van der Waals surface area contributed by atoms with Gasteiger partial charge in [-0.05, 0) is 48.9 Å². The molecule has 3 rings (SSSR count). The molecule has 0 unspecified atom stereocenters. The van der Waals surface area contributed by atoms with E-state index in [1.807, 2.05) is 6.07 Å². The third-order valence-corrected chi connectivity index (χ3v) is 4.41. The predicted octanol–water partition coefficient (Wildman–Crippen LogP) is 2.16. The number of halogens is 1. The molecule has 0 aliphatic rings. The van der Waals surface area contributed by atoms with Crippen LogP contribution in [-0.4, -0.2) is 32.2 Å². The summed E-state index contributed by atoms with van der Waals surface area (Å²) in [5.74, 6) is -0.866. The molecule has 8 heteroatoms. The van der Waals surface area contributed by atoms with Gasteiger partial charge in [0.05, 0.1) is 12.2 Å². The molecule has 0 spiro atoms. The first-order valence-electron chi connectivity index (χ1n) is 8.48. The molecule has 0 fully saturated rings. The molecule has 0 N–H and O–H groups in total. The zero-order valence-electron chi connectivity index (χ0n) is 15.7. The Morgan fingerprint density at radius 3 is 2.57 bits per heavy atom. The van der Waals surface area contributed by atoms with E-state index in [1.54, 1.807) is 39.3 Å². The Bertz CT molecular complexity index is 1140. The Labute approximate surface area is 160 Å². The lowest BCUT2D eigenvalue weighted by Gasteiger charge is -2.18. The van der Waals surface area contributed by atoms with Crippen LogP contribution in [0.1, 0.15) is 27.3 Å². The Hall–Kier alpha value is -3.73. The molecule has 2 aromatic heterocycles. The van der Waals surface area contributed by atoms with Crippen LogP contribution in [0.15, 0.2) is 47.4 Å². The maximum atomic E-state index is 13.2. The van der Waals surface area contributed by atoms with Gasteiger partial charge in [0, 0.05) is 26.0 Å². The number of benzene rings is 1. The van der Waals surface area contributed by atoms with E-state index in [0.29, 0.717) is 22.6 Å². The van der Waals surface area contributed by atoms with Crippen molar-refractivity contribution < 1.29 is 9.18 Å². The van der Waals surface area contributed by atoms with Crippen molar-refractivity contribution in [2.24, 2.45) is 7.05 Å². The summed E-state index contributed by atoms with van der Waals surface area (Å²) in [5.41, 5.74) is 1.48. The van der Waals surface area contributed by atoms with Gasteiger partial charge in [0.2, 0.25) is 0 Å². The van der Waals surface area contributed by atoms with Crippen LogP contribution >= 0.6 is 0 Å². The third-order valence-electron chi connectivity index (χ3n) is 4.41. The molecule has 7 nitrogen and oxygen atoms in total. The van der Waals surface area contributed by atoms with E-state index < -0.39 is 17.3 Å². The molecule has 0 bridgehead atoms. The number of nitrogens with zero attached hydrogens (tertiary/aromatic N) is 5. The zero-order chi connectivity index (χ0) is 20.4. The predicted molar refractivity (Wildman–Crippen MR) is 100 cm³/mol. The van der Waals surface area contributed by atoms with Crippen molar-refractivity contribution in [2.75, 3.05) is 7.05 Å². The molecule has 0 aliphatic carbocycles. The Morgan fingerprint density at radius 2 is 1.96 bits per heavy atom. The van der Waals surface area contributed by atoms with Gasteiger partial charge in [-0.3, -0.25) is 18.8 Å². The molecule has 0 saturated heterocycles. The fraction of sp³-hybridized carbons (Fsp3) is 0.200. The second-order valence-corrected chi connectivity index (χ2v) is 6.44. The first-order chi connectivity index (χ1) is 13.3. The van der Waals surface area contributed by atoms with Crippen LogP contribution in [0.5, 0.6) is 0 Å². The molecule has 1 amide bonds. The van der Waals surface area contributed by atoms with Crippen molar-refractivity contribution in [3.05, 3.63) is 81.3 Å². The monoisotopic (exact) mass is 379 g/mol.